The molecule has 0 spiro atoms. The second-order valence-corrected chi connectivity index (χ2v) is 6.89. The van der Waals surface area contributed by atoms with Crippen molar-refractivity contribution >= 4 is 0 Å². The van der Waals surface area contributed by atoms with Gasteiger partial charge in [-0.25, -0.2) is 0 Å². The van der Waals surface area contributed by atoms with Crippen molar-refractivity contribution in [2.45, 2.75) is 58.9 Å². The van der Waals surface area contributed by atoms with E-state index in [1.165, 1.54) is 25.7 Å². The highest BCUT2D eigenvalue weighted by Crippen LogP contribution is 2.42. The Hall–Kier alpha value is -0.120. The molecule has 1 saturated carbocycles. The third-order valence-electron chi connectivity index (χ3n) is 4.71. The standard InChI is InChI=1S/C16H33NO2/c1-13-6-7-14(15(17)12-13)16(2,3)8-5-9-19-11-10-18-4/h13-15H,5-12,17H2,1-4H3. The van der Waals surface area contributed by atoms with Gasteiger partial charge in [0.2, 0.25) is 0 Å². The van der Waals surface area contributed by atoms with Crippen LogP contribution in [0.3, 0.4) is 0 Å². The molecule has 0 saturated heterocycles. The number of methoxy groups -OCH3 is 1. The Morgan fingerprint density at radius 1 is 1.16 bits per heavy atom. The van der Waals surface area contributed by atoms with Gasteiger partial charge < -0.3 is 15.2 Å². The van der Waals surface area contributed by atoms with E-state index in [9.17, 15) is 0 Å². The van der Waals surface area contributed by atoms with Crippen molar-refractivity contribution < 1.29 is 9.47 Å². The van der Waals surface area contributed by atoms with Crippen LogP contribution >= 0.6 is 0 Å². The van der Waals surface area contributed by atoms with Gasteiger partial charge in [-0.2, -0.15) is 0 Å². The van der Waals surface area contributed by atoms with Gasteiger partial charge >= 0.3 is 0 Å². The molecule has 3 unspecified atom stereocenters. The Labute approximate surface area is 119 Å². The van der Waals surface area contributed by atoms with Gasteiger partial charge in [-0.15, -0.1) is 0 Å². The van der Waals surface area contributed by atoms with Crippen molar-refractivity contribution in [1.29, 1.82) is 0 Å². The van der Waals surface area contributed by atoms with Crippen LogP contribution in [-0.4, -0.2) is 33.0 Å². The van der Waals surface area contributed by atoms with Gasteiger partial charge in [-0.05, 0) is 42.9 Å². The van der Waals surface area contributed by atoms with Crippen molar-refractivity contribution in [2.24, 2.45) is 23.0 Å². The first-order valence-electron chi connectivity index (χ1n) is 7.79. The van der Waals surface area contributed by atoms with Crippen molar-refractivity contribution in [1.82, 2.24) is 0 Å². The molecule has 19 heavy (non-hydrogen) atoms. The highest BCUT2D eigenvalue weighted by atomic mass is 16.5. The smallest absolute Gasteiger partial charge is 0.0700 e. The summed E-state index contributed by atoms with van der Waals surface area (Å²) in [5.74, 6) is 1.47. The lowest BCUT2D eigenvalue weighted by Crippen LogP contribution is -2.43. The van der Waals surface area contributed by atoms with Crippen LogP contribution in [-0.2, 0) is 9.47 Å². The number of nitrogens with two attached hydrogens (primary N) is 1. The molecule has 1 rings (SSSR count). The number of rotatable bonds is 8. The Kier molecular flexibility index (Phi) is 7.33. The molecule has 1 aliphatic carbocycles. The maximum atomic E-state index is 6.38. The minimum Gasteiger partial charge on any atom is -0.382 e. The number of ether oxygens (including phenoxy) is 2. The molecule has 3 nitrogen and oxygen atoms in total. The zero-order valence-corrected chi connectivity index (χ0v) is 13.3. The Morgan fingerprint density at radius 3 is 2.53 bits per heavy atom. The molecule has 0 amide bonds. The summed E-state index contributed by atoms with van der Waals surface area (Å²) in [5, 5.41) is 0. The lowest BCUT2D eigenvalue weighted by atomic mass is 9.65. The highest BCUT2D eigenvalue weighted by molar-refractivity contribution is 4.90. The maximum Gasteiger partial charge on any atom is 0.0700 e. The van der Waals surface area contributed by atoms with Gasteiger partial charge in [0.25, 0.3) is 0 Å². The lowest BCUT2D eigenvalue weighted by molar-refractivity contribution is 0.0535. The minimum absolute atomic E-state index is 0.337. The molecule has 1 aliphatic rings. The van der Waals surface area contributed by atoms with E-state index < -0.39 is 0 Å². The molecule has 0 aromatic rings. The molecule has 1 fully saturated rings. The van der Waals surface area contributed by atoms with Crippen molar-refractivity contribution in [3.63, 3.8) is 0 Å². The van der Waals surface area contributed by atoms with Crippen LogP contribution in [0.15, 0.2) is 0 Å². The van der Waals surface area contributed by atoms with Crippen LogP contribution in [0.2, 0.25) is 0 Å². The monoisotopic (exact) mass is 271 g/mol. The highest BCUT2D eigenvalue weighted by Gasteiger charge is 2.36. The fraction of sp³-hybridized carbons (Fsp3) is 1.00. The summed E-state index contributed by atoms with van der Waals surface area (Å²) in [6.07, 6.45) is 6.15. The van der Waals surface area contributed by atoms with Crippen molar-refractivity contribution in [3.05, 3.63) is 0 Å². The molecular formula is C16H33NO2. The number of hydrogen-bond acceptors (Lipinski definition) is 3. The molecular weight excluding hydrogens is 238 g/mol. The normalized spacial score (nSPS) is 28.6. The predicted molar refractivity (Wildman–Crippen MR) is 80.2 cm³/mol. The first-order valence-corrected chi connectivity index (χ1v) is 7.79. The van der Waals surface area contributed by atoms with Gasteiger partial charge in [-0.3, -0.25) is 0 Å². The van der Waals surface area contributed by atoms with Gasteiger partial charge in [0.15, 0.2) is 0 Å². The summed E-state index contributed by atoms with van der Waals surface area (Å²) in [7, 11) is 1.71. The van der Waals surface area contributed by atoms with Crippen molar-refractivity contribution in [2.75, 3.05) is 26.9 Å². The maximum absolute atomic E-state index is 6.38. The molecule has 0 radical (unpaired) electrons. The van der Waals surface area contributed by atoms with E-state index in [2.05, 4.69) is 20.8 Å². The van der Waals surface area contributed by atoms with Gasteiger partial charge in [0.05, 0.1) is 13.2 Å². The second-order valence-electron chi connectivity index (χ2n) is 6.89. The molecule has 0 aromatic carbocycles. The summed E-state index contributed by atoms with van der Waals surface area (Å²) in [5.41, 5.74) is 6.72. The molecule has 3 heteroatoms. The second kappa shape index (κ2) is 8.23. The molecule has 0 aromatic heterocycles. The molecule has 0 aliphatic heterocycles. The lowest BCUT2D eigenvalue weighted by Gasteiger charge is -2.43. The molecule has 114 valence electrons. The van der Waals surface area contributed by atoms with Crippen LogP contribution in [0, 0.1) is 17.3 Å². The van der Waals surface area contributed by atoms with Crippen LogP contribution in [0.25, 0.3) is 0 Å². The summed E-state index contributed by atoms with van der Waals surface area (Å²) in [6.45, 7) is 9.31. The van der Waals surface area contributed by atoms with Crippen LogP contribution in [0.5, 0.6) is 0 Å². The quantitative estimate of drug-likeness (QED) is 0.689. The first kappa shape index (κ1) is 16.9. The zero-order chi connectivity index (χ0) is 14.3. The van der Waals surface area contributed by atoms with E-state index in [0.717, 1.165) is 18.9 Å². The summed E-state index contributed by atoms with van der Waals surface area (Å²) < 4.78 is 10.5. The molecule has 2 N–H and O–H groups in total. The van der Waals surface area contributed by atoms with E-state index in [-0.39, 0.29) is 0 Å². The van der Waals surface area contributed by atoms with E-state index in [1.807, 2.05) is 0 Å². The van der Waals surface area contributed by atoms with Gasteiger partial charge in [-0.1, -0.05) is 27.2 Å². The molecule has 3 atom stereocenters. The Morgan fingerprint density at radius 2 is 1.89 bits per heavy atom. The minimum atomic E-state index is 0.337. The van der Waals surface area contributed by atoms with Gasteiger partial charge in [0.1, 0.15) is 0 Å². The predicted octanol–water partition coefficient (Wildman–Crippen LogP) is 3.22. The van der Waals surface area contributed by atoms with Gasteiger partial charge in [0, 0.05) is 19.8 Å². The SMILES string of the molecule is COCCOCCCC(C)(C)C1CCC(C)CC1N. The Balaban J connectivity index is 2.26. The average molecular weight is 271 g/mol. The van der Waals surface area contributed by atoms with E-state index in [0.29, 0.717) is 30.6 Å². The van der Waals surface area contributed by atoms with E-state index in [1.54, 1.807) is 7.11 Å². The molecule has 0 bridgehead atoms. The average Bonchev–Trinajstić information content (AvgIpc) is 2.33. The molecule has 0 heterocycles. The summed E-state index contributed by atoms with van der Waals surface area (Å²) in [4.78, 5) is 0. The number of hydrogen-bond donors (Lipinski definition) is 1. The topological polar surface area (TPSA) is 44.5 Å². The van der Waals surface area contributed by atoms with E-state index >= 15 is 0 Å². The zero-order valence-electron chi connectivity index (χ0n) is 13.3. The fourth-order valence-corrected chi connectivity index (χ4v) is 3.45. The fourth-order valence-electron chi connectivity index (χ4n) is 3.45. The van der Waals surface area contributed by atoms with Crippen LogP contribution in [0.1, 0.15) is 52.9 Å². The van der Waals surface area contributed by atoms with E-state index in [4.69, 9.17) is 15.2 Å². The summed E-state index contributed by atoms with van der Waals surface area (Å²) in [6, 6.07) is 0.383. The Bertz CT molecular complexity index is 243. The van der Waals surface area contributed by atoms with Crippen LogP contribution in [0.4, 0.5) is 0 Å². The first-order chi connectivity index (χ1) is 8.97. The van der Waals surface area contributed by atoms with Crippen LogP contribution < -0.4 is 5.73 Å². The summed E-state index contributed by atoms with van der Waals surface area (Å²) >= 11 is 0. The van der Waals surface area contributed by atoms with Crippen molar-refractivity contribution in [3.8, 4) is 0 Å². The third kappa shape index (κ3) is 5.80. The third-order valence-corrected chi connectivity index (χ3v) is 4.71. The largest absolute Gasteiger partial charge is 0.382 e.